The van der Waals surface area contributed by atoms with Gasteiger partial charge in [-0.05, 0) is 38.8 Å². The summed E-state index contributed by atoms with van der Waals surface area (Å²) in [6.07, 6.45) is 2.00. The zero-order valence-corrected chi connectivity index (χ0v) is 11.7. The number of rotatable bonds is 3. The van der Waals surface area contributed by atoms with E-state index in [2.05, 4.69) is 0 Å². The van der Waals surface area contributed by atoms with Crippen LogP contribution in [0.1, 0.15) is 37.0 Å². The number of carbonyl (C=O) groups is 1. The molecule has 0 heterocycles. The third-order valence-corrected chi connectivity index (χ3v) is 3.57. The van der Waals surface area contributed by atoms with Crippen molar-refractivity contribution in [3.8, 4) is 0 Å². The zero-order chi connectivity index (χ0) is 13.4. The maximum atomic E-state index is 13.4. The van der Waals surface area contributed by atoms with Crippen LogP contribution in [-0.2, 0) is 0 Å². The molecule has 0 aliphatic heterocycles. The average Bonchev–Trinajstić information content (AvgIpc) is 3.07. The highest BCUT2D eigenvalue weighted by molar-refractivity contribution is 6.36. The summed E-state index contributed by atoms with van der Waals surface area (Å²) in [6.45, 7) is 3.88. The highest BCUT2D eigenvalue weighted by atomic mass is 35.5. The fourth-order valence-electron chi connectivity index (χ4n) is 2.00. The lowest BCUT2D eigenvalue weighted by Crippen LogP contribution is -2.38. The van der Waals surface area contributed by atoms with E-state index in [1.165, 1.54) is 6.07 Å². The van der Waals surface area contributed by atoms with Crippen LogP contribution in [0.15, 0.2) is 12.1 Å². The van der Waals surface area contributed by atoms with Gasteiger partial charge in [-0.15, -0.1) is 0 Å². The lowest BCUT2D eigenvalue weighted by Gasteiger charge is -2.27. The van der Waals surface area contributed by atoms with Gasteiger partial charge in [0, 0.05) is 12.1 Å². The number of nitrogens with zero attached hydrogens (tertiary/aromatic N) is 1. The van der Waals surface area contributed by atoms with Crippen LogP contribution < -0.4 is 0 Å². The summed E-state index contributed by atoms with van der Waals surface area (Å²) >= 11 is 11.6. The molecule has 0 N–H and O–H groups in total. The Balaban J connectivity index is 2.35. The monoisotopic (exact) mass is 289 g/mol. The Labute approximate surface area is 116 Å². The summed E-state index contributed by atoms with van der Waals surface area (Å²) in [5.41, 5.74) is 0.180. The molecule has 18 heavy (non-hydrogen) atoms. The van der Waals surface area contributed by atoms with Gasteiger partial charge in [0.2, 0.25) is 0 Å². The largest absolute Gasteiger partial charge is 0.333 e. The van der Waals surface area contributed by atoms with Gasteiger partial charge in [-0.1, -0.05) is 23.2 Å². The molecule has 1 fully saturated rings. The van der Waals surface area contributed by atoms with Crippen molar-refractivity contribution >= 4 is 29.1 Å². The van der Waals surface area contributed by atoms with E-state index in [-0.39, 0.29) is 33.6 Å². The predicted molar refractivity (Wildman–Crippen MR) is 70.7 cm³/mol. The highest BCUT2D eigenvalue weighted by Gasteiger charge is 2.35. The minimum atomic E-state index is -0.621. The Morgan fingerprint density at radius 3 is 2.44 bits per heavy atom. The molecule has 1 aromatic carbocycles. The maximum Gasteiger partial charge on any atom is 0.255 e. The van der Waals surface area contributed by atoms with Crippen molar-refractivity contribution in [3.63, 3.8) is 0 Å². The van der Waals surface area contributed by atoms with Gasteiger partial charge in [0.25, 0.3) is 5.91 Å². The van der Waals surface area contributed by atoms with Crippen molar-refractivity contribution in [3.05, 3.63) is 33.6 Å². The van der Waals surface area contributed by atoms with E-state index in [0.717, 1.165) is 18.9 Å². The van der Waals surface area contributed by atoms with Crippen molar-refractivity contribution in [2.24, 2.45) is 0 Å². The Hall–Kier alpha value is -0.800. The first-order valence-corrected chi connectivity index (χ1v) is 6.64. The second-order valence-corrected chi connectivity index (χ2v) is 5.60. The molecule has 1 saturated carbocycles. The molecule has 0 atom stereocenters. The predicted octanol–water partition coefficient (Wildman–Crippen LogP) is 4.15. The number of benzene rings is 1. The van der Waals surface area contributed by atoms with Gasteiger partial charge < -0.3 is 4.90 Å². The fourth-order valence-corrected chi connectivity index (χ4v) is 2.46. The summed E-state index contributed by atoms with van der Waals surface area (Å²) in [4.78, 5) is 14.1. The quantitative estimate of drug-likeness (QED) is 0.766. The van der Waals surface area contributed by atoms with Crippen molar-refractivity contribution in [2.75, 3.05) is 0 Å². The van der Waals surface area contributed by atoms with E-state index in [0.29, 0.717) is 0 Å². The van der Waals surface area contributed by atoms with E-state index < -0.39 is 5.82 Å². The van der Waals surface area contributed by atoms with Crippen molar-refractivity contribution < 1.29 is 9.18 Å². The van der Waals surface area contributed by atoms with Crippen LogP contribution in [0.2, 0.25) is 10.0 Å². The second kappa shape index (κ2) is 5.06. The molecular weight excluding hydrogens is 276 g/mol. The number of hydrogen-bond acceptors (Lipinski definition) is 1. The SMILES string of the molecule is CC(C)N(C(=O)c1cc(F)c(Cl)cc1Cl)C1CC1. The van der Waals surface area contributed by atoms with Crippen LogP contribution in [0.25, 0.3) is 0 Å². The topological polar surface area (TPSA) is 20.3 Å². The first kappa shape index (κ1) is 13.6. The maximum absolute atomic E-state index is 13.4. The minimum absolute atomic E-state index is 0.0693. The Bertz CT molecular complexity index is 484. The van der Waals surface area contributed by atoms with Gasteiger partial charge in [-0.25, -0.2) is 4.39 Å². The minimum Gasteiger partial charge on any atom is -0.333 e. The third-order valence-electron chi connectivity index (χ3n) is 2.97. The normalized spacial score (nSPS) is 15.0. The summed E-state index contributed by atoms with van der Waals surface area (Å²) in [6, 6.07) is 2.72. The highest BCUT2D eigenvalue weighted by Crippen LogP contribution is 2.32. The Morgan fingerprint density at radius 2 is 1.94 bits per heavy atom. The van der Waals surface area contributed by atoms with Gasteiger partial charge in [0.15, 0.2) is 0 Å². The molecule has 98 valence electrons. The van der Waals surface area contributed by atoms with Gasteiger partial charge >= 0.3 is 0 Å². The molecule has 5 heteroatoms. The van der Waals surface area contributed by atoms with Crippen LogP contribution in [0.3, 0.4) is 0 Å². The Kier molecular flexibility index (Phi) is 3.83. The van der Waals surface area contributed by atoms with E-state index >= 15 is 0 Å². The van der Waals surface area contributed by atoms with Gasteiger partial charge in [-0.2, -0.15) is 0 Å². The molecule has 1 aliphatic rings. The molecule has 2 rings (SSSR count). The van der Waals surface area contributed by atoms with Crippen LogP contribution in [0, 0.1) is 5.82 Å². The molecule has 1 amide bonds. The molecule has 0 aromatic heterocycles. The standard InChI is InChI=1S/C13H14Cl2FNO/c1-7(2)17(8-3-4-8)13(18)9-5-12(16)11(15)6-10(9)14/h5-8H,3-4H2,1-2H3. The fraction of sp³-hybridized carbons (Fsp3) is 0.462. The number of hydrogen-bond donors (Lipinski definition) is 0. The zero-order valence-electron chi connectivity index (χ0n) is 10.2. The summed E-state index contributed by atoms with van der Waals surface area (Å²) in [5, 5.41) is 0.122. The molecule has 2 nitrogen and oxygen atoms in total. The summed E-state index contributed by atoms with van der Waals surface area (Å²) < 4.78 is 13.4. The van der Waals surface area contributed by atoms with E-state index in [4.69, 9.17) is 23.2 Å². The second-order valence-electron chi connectivity index (χ2n) is 4.78. The van der Waals surface area contributed by atoms with Crippen LogP contribution in [0.4, 0.5) is 4.39 Å². The molecule has 0 saturated heterocycles. The molecular formula is C13H14Cl2FNO. The summed E-state index contributed by atoms with van der Waals surface area (Å²) in [5.74, 6) is -0.850. The molecule has 1 aliphatic carbocycles. The van der Waals surface area contributed by atoms with Crippen molar-refractivity contribution in [1.82, 2.24) is 4.90 Å². The number of carbonyl (C=O) groups excluding carboxylic acids is 1. The molecule has 0 radical (unpaired) electrons. The molecule has 0 spiro atoms. The number of amides is 1. The molecule has 0 unspecified atom stereocenters. The van der Waals surface area contributed by atoms with Gasteiger partial charge in [0.05, 0.1) is 15.6 Å². The molecule has 0 bridgehead atoms. The van der Waals surface area contributed by atoms with Gasteiger partial charge in [0.1, 0.15) is 5.82 Å². The average molecular weight is 290 g/mol. The van der Waals surface area contributed by atoms with Crippen LogP contribution in [-0.4, -0.2) is 22.9 Å². The van der Waals surface area contributed by atoms with Crippen LogP contribution >= 0.6 is 23.2 Å². The first-order chi connectivity index (χ1) is 8.41. The lowest BCUT2D eigenvalue weighted by atomic mass is 10.1. The Morgan fingerprint density at radius 1 is 1.33 bits per heavy atom. The lowest BCUT2D eigenvalue weighted by molar-refractivity contribution is 0.0690. The van der Waals surface area contributed by atoms with Gasteiger partial charge in [-0.3, -0.25) is 4.79 Å². The first-order valence-electron chi connectivity index (χ1n) is 5.89. The van der Waals surface area contributed by atoms with E-state index in [9.17, 15) is 9.18 Å². The van der Waals surface area contributed by atoms with Crippen LogP contribution in [0.5, 0.6) is 0 Å². The van der Waals surface area contributed by atoms with E-state index in [1.54, 1.807) is 4.90 Å². The smallest absolute Gasteiger partial charge is 0.255 e. The number of halogens is 3. The molecule has 1 aromatic rings. The summed E-state index contributed by atoms with van der Waals surface area (Å²) in [7, 11) is 0. The third kappa shape index (κ3) is 2.62. The van der Waals surface area contributed by atoms with Crippen molar-refractivity contribution in [1.29, 1.82) is 0 Å². The van der Waals surface area contributed by atoms with Crippen molar-refractivity contribution in [2.45, 2.75) is 38.8 Å². The van der Waals surface area contributed by atoms with E-state index in [1.807, 2.05) is 13.8 Å².